The van der Waals surface area contributed by atoms with Crippen LogP contribution in [0.2, 0.25) is 0 Å². The fourth-order valence-corrected chi connectivity index (χ4v) is 4.31. The summed E-state index contributed by atoms with van der Waals surface area (Å²) >= 11 is 0. The minimum Gasteiger partial charge on any atom is -0.508 e. The van der Waals surface area contributed by atoms with Crippen LogP contribution in [-0.2, 0) is 19.5 Å². The number of aryl methyl sites for hydroxylation is 2. The first-order valence-corrected chi connectivity index (χ1v) is 10.8. The first-order chi connectivity index (χ1) is 16.0. The van der Waals surface area contributed by atoms with E-state index in [1.54, 1.807) is 10.8 Å². The molecule has 0 saturated carbocycles. The zero-order valence-corrected chi connectivity index (χ0v) is 22.3. The molecule has 4 aromatic carbocycles. The molecule has 0 fully saturated rings. The number of rotatable bonds is 0. The van der Waals surface area contributed by atoms with E-state index in [2.05, 4.69) is 12.0 Å². The summed E-state index contributed by atoms with van der Waals surface area (Å²) in [7, 11) is 3.98. The predicted octanol–water partition coefficient (Wildman–Crippen LogP) is 6.33. The number of aromatic hydroxyl groups is 2. The fourth-order valence-electron chi connectivity index (χ4n) is 4.31. The Kier molecular flexibility index (Phi) is 6.41. The first kappa shape index (κ1) is 23.5. The van der Waals surface area contributed by atoms with Gasteiger partial charge in [-0.3, -0.25) is 4.98 Å². The van der Waals surface area contributed by atoms with Gasteiger partial charge in [-0.2, -0.15) is 0 Å². The van der Waals surface area contributed by atoms with Gasteiger partial charge in [-0.1, -0.05) is 66.7 Å². The number of hydrogen-bond acceptors (Lipinski definition) is 3. The Morgan fingerprint density at radius 2 is 1.21 bits per heavy atom. The molecule has 0 aliphatic carbocycles. The van der Waals surface area contributed by atoms with Crippen LogP contribution in [0, 0.1) is 20.9 Å². The maximum Gasteiger partial charge on any atom is 0.128 e. The normalized spacial score (nSPS) is 10.8. The summed E-state index contributed by atoms with van der Waals surface area (Å²) in [5.74, 6) is 0.679. The van der Waals surface area contributed by atoms with Gasteiger partial charge in [0.15, 0.2) is 0 Å². The van der Waals surface area contributed by atoms with Crippen LogP contribution in [0.3, 0.4) is 0 Å². The minimum absolute atomic E-state index is 0. The number of hydrogen-bond donors (Lipinski definition) is 2. The molecule has 6 aromatic rings. The average molecular weight is 498 g/mol. The van der Waals surface area contributed by atoms with Crippen molar-refractivity contribution < 1.29 is 34.3 Å². The van der Waals surface area contributed by atoms with Crippen LogP contribution >= 0.6 is 0 Å². The maximum absolute atomic E-state index is 10.2. The van der Waals surface area contributed by atoms with Gasteiger partial charge in [0, 0.05) is 43.5 Å². The molecule has 0 radical (unpaired) electrons. The SMILES string of the molecule is Cc1ccc2ccc3cccnc3c2c1O.[CH2-][n+]1cccc2ccc3ccc(C)c(O)c3c21.[Zn]. The third kappa shape index (κ3) is 3.93. The Hall–Kier alpha value is -3.69. The number of phenolic OH excluding ortho intramolecular Hbond substituents is 2. The Bertz CT molecular complexity index is 1680. The predicted molar refractivity (Wildman–Crippen MR) is 134 cm³/mol. The van der Waals surface area contributed by atoms with Gasteiger partial charge in [0.25, 0.3) is 0 Å². The molecule has 0 saturated heterocycles. The molecule has 5 heteroatoms. The molecule has 0 atom stereocenters. The largest absolute Gasteiger partial charge is 0.508 e. The molecule has 2 N–H and O–H groups in total. The molecule has 4 nitrogen and oxygen atoms in total. The van der Waals surface area contributed by atoms with Crippen LogP contribution < -0.4 is 4.57 Å². The molecular weight excluding hydrogens is 474 g/mol. The van der Waals surface area contributed by atoms with Gasteiger partial charge in [-0.15, -0.1) is 0 Å². The minimum atomic E-state index is 0. The smallest absolute Gasteiger partial charge is 0.128 e. The van der Waals surface area contributed by atoms with E-state index in [0.29, 0.717) is 11.5 Å². The third-order valence-corrected chi connectivity index (χ3v) is 6.12. The summed E-state index contributed by atoms with van der Waals surface area (Å²) in [5.41, 5.74) is 3.59. The molecule has 2 aromatic heterocycles. The van der Waals surface area contributed by atoms with E-state index in [9.17, 15) is 10.2 Å². The van der Waals surface area contributed by atoms with Crippen molar-refractivity contribution in [1.29, 1.82) is 0 Å². The van der Waals surface area contributed by atoms with E-state index in [1.165, 1.54) is 0 Å². The summed E-state index contributed by atoms with van der Waals surface area (Å²) in [6, 6.07) is 23.9. The van der Waals surface area contributed by atoms with Crippen molar-refractivity contribution in [2.45, 2.75) is 13.8 Å². The summed E-state index contributed by atoms with van der Waals surface area (Å²) in [4.78, 5) is 4.35. The molecule has 2 heterocycles. The Morgan fingerprint density at radius 3 is 1.91 bits per heavy atom. The van der Waals surface area contributed by atoms with Crippen LogP contribution in [0.4, 0.5) is 0 Å². The van der Waals surface area contributed by atoms with Crippen LogP contribution in [0.15, 0.2) is 85.2 Å². The first-order valence-electron chi connectivity index (χ1n) is 10.8. The summed E-state index contributed by atoms with van der Waals surface area (Å²) in [5, 5.41) is 26.3. The number of nitrogens with zero attached hydrogens (tertiary/aromatic N) is 2. The third-order valence-electron chi connectivity index (χ3n) is 6.12. The van der Waals surface area contributed by atoms with Gasteiger partial charge < -0.3 is 14.8 Å². The molecular formula is C29H24N2O2Zn. The van der Waals surface area contributed by atoms with Crippen LogP contribution in [-0.4, -0.2) is 15.2 Å². The second kappa shape index (κ2) is 9.28. The Morgan fingerprint density at radius 1 is 0.676 bits per heavy atom. The van der Waals surface area contributed by atoms with Crippen LogP contribution in [0.1, 0.15) is 11.1 Å². The fraction of sp³-hybridized carbons (Fsp3) is 0.0690. The van der Waals surface area contributed by atoms with E-state index in [1.807, 2.05) is 92.8 Å². The Labute approximate surface area is 210 Å². The zero-order chi connectivity index (χ0) is 23.1. The average Bonchev–Trinajstić information content (AvgIpc) is 2.84. The van der Waals surface area contributed by atoms with Crippen molar-refractivity contribution >= 4 is 43.4 Å². The molecule has 34 heavy (non-hydrogen) atoms. The standard InChI is InChI=1S/C15H13NO.C14H11NO.Zn/c1-10-5-6-11-7-8-12-4-3-9-16(2)14(12)13(11)15(10)17;1-9-4-5-10-6-7-11-3-2-8-15-13(11)12(10)14(9)16;/h3-9,17H,2H2,1H3;2-8,16H,1H3;. The monoisotopic (exact) mass is 496 g/mol. The molecule has 164 valence electrons. The second-order valence-electron chi connectivity index (χ2n) is 8.28. The van der Waals surface area contributed by atoms with E-state index in [-0.39, 0.29) is 19.5 Å². The molecule has 0 bridgehead atoms. The molecule has 0 aliphatic rings. The van der Waals surface area contributed by atoms with E-state index in [0.717, 1.165) is 54.5 Å². The maximum atomic E-state index is 10.2. The number of phenols is 2. The van der Waals surface area contributed by atoms with Gasteiger partial charge in [0.2, 0.25) is 0 Å². The number of aromatic nitrogens is 2. The van der Waals surface area contributed by atoms with Gasteiger partial charge in [-0.05, 0) is 47.2 Å². The summed E-state index contributed by atoms with van der Waals surface area (Å²) < 4.78 is 1.80. The Balaban J connectivity index is 0.000000157. The van der Waals surface area contributed by atoms with Crippen molar-refractivity contribution in [3.8, 4) is 11.5 Å². The van der Waals surface area contributed by atoms with Crippen molar-refractivity contribution in [2.75, 3.05) is 0 Å². The van der Waals surface area contributed by atoms with E-state index < -0.39 is 0 Å². The van der Waals surface area contributed by atoms with Crippen LogP contribution in [0.5, 0.6) is 11.5 Å². The quantitative estimate of drug-likeness (QED) is 0.111. The summed E-state index contributed by atoms with van der Waals surface area (Å²) in [6.07, 6.45) is 3.65. The van der Waals surface area contributed by atoms with E-state index in [4.69, 9.17) is 0 Å². The number of pyridine rings is 2. The summed E-state index contributed by atoms with van der Waals surface area (Å²) in [6.45, 7) is 3.81. The van der Waals surface area contributed by atoms with Gasteiger partial charge in [0.05, 0.1) is 17.1 Å². The number of fused-ring (bicyclic) bond motifs is 6. The second-order valence-corrected chi connectivity index (χ2v) is 8.28. The number of benzene rings is 4. The van der Waals surface area contributed by atoms with Crippen molar-refractivity contribution in [3.05, 3.63) is 103 Å². The zero-order valence-electron chi connectivity index (χ0n) is 19.3. The molecule has 0 aliphatic heterocycles. The van der Waals surface area contributed by atoms with E-state index >= 15 is 0 Å². The topological polar surface area (TPSA) is 57.2 Å². The molecule has 0 unspecified atom stereocenters. The van der Waals surface area contributed by atoms with Gasteiger partial charge >= 0.3 is 0 Å². The molecule has 6 rings (SSSR count). The molecule has 0 spiro atoms. The van der Waals surface area contributed by atoms with Crippen molar-refractivity contribution in [2.24, 2.45) is 0 Å². The van der Waals surface area contributed by atoms with Crippen LogP contribution in [0.25, 0.3) is 43.4 Å². The molecule has 0 amide bonds. The van der Waals surface area contributed by atoms with Gasteiger partial charge in [0.1, 0.15) is 17.0 Å². The van der Waals surface area contributed by atoms with Crippen molar-refractivity contribution in [1.82, 2.24) is 4.98 Å². The van der Waals surface area contributed by atoms with Crippen molar-refractivity contribution in [3.63, 3.8) is 0 Å². The van der Waals surface area contributed by atoms with Gasteiger partial charge in [-0.25, -0.2) is 0 Å².